The van der Waals surface area contributed by atoms with Crippen LogP contribution in [-0.2, 0) is 19.4 Å². The second-order valence-electron chi connectivity index (χ2n) is 8.00. The number of carbonyl (C=O) groups is 2. The van der Waals surface area contributed by atoms with Crippen LogP contribution < -0.4 is 10.6 Å². The lowest BCUT2D eigenvalue weighted by Gasteiger charge is -2.26. The van der Waals surface area contributed by atoms with Crippen molar-refractivity contribution < 1.29 is 23.1 Å². The van der Waals surface area contributed by atoms with E-state index in [2.05, 4.69) is 15.6 Å². The van der Waals surface area contributed by atoms with E-state index >= 15 is 0 Å². The van der Waals surface area contributed by atoms with Gasteiger partial charge in [-0.2, -0.15) is 0 Å². The molecule has 0 spiro atoms. The maximum Gasteiger partial charge on any atom is 0.321 e. The van der Waals surface area contributed by atoms with E-state index in [0.717, 1.165) is 38.4 Å². The number of nitrogens with zero attached hydrogens (tertiary/aromatic N) is 1. The van der Waals surface area contributed by atoms with E-state index in [1.54, 1.807) is 13.0 Å². The summed E-state index contributed by atoms with van der Waals surface area (Å²) >= 11 is 7.21. The Labute approximate surface area is 196 Å². The van der Waals surface area contributed by atoms with Crippen LogP contribution in [0.1, 0.15) is 44.2 Å². The number of rotatable bonds is 8. The molecule has 0 saturated heterocycles. The van der Waals surface area contributed by atoms with E-state index in [9.17, 15) is 23.1 Å². The molecular weight excluding hydrogens is 474 g/mol. The first kappa shape index (κ1) is 24.6. The molecule has 0 aliphatic heterocycles. The summed E-state index contributed by atoms with van der Waals surface area (Å²) in [5.41, 5.74) is 1.23. The SMILES string of the molecule is Cc1nc(NC(=O)C[C@H](NC2CCCCC2)C(=O)O)sc1-c1ccc(Cl)c(S(C)(=O)=O)c1. The van der Waals surface area contributed by atoms with Gasteiger partial charge in [0.25, 0.3) is 0 Å². The number of amides is 1. The van der Waals surface area contributed by atoms with E-state index in [1.165, 1.54) is 23.5 Å². The van der Waals surface area contributed by atoms with Crippen molar-refractivity contribution in [1.82, 2.24) is 10.3 Å². The summed E-state index contributed by atoms with van der Waals surface area (Å²) in [6.45, 7) is 1.75. The summed E-state index contributed by atoms with van der Waals surface area (Å²) in [6, 6.07) is 3.84. The molecule has 1 saturated carbocycles. The van der Waals surface area contributed by atoms with Crippen LogP contribution >= 0.6 is 22.9 Å². The number of sulfone groups is 1. The summed E-state index contributed by atoms with van der Waals surface area (Å²) in [4.78, 5) is 29.2. The normalized spacial score (nSPS) is 16.0. The highest BCUT2D eigenvalue weighted by Crippen LogP contribution is 2.35. The van der Waals surface area contributed by atoms with Gasteiger partial charge in [0.2, 0.25) is 5.91 Å². The van der Waals surface area contributed by atoms with Crippen LogP contribution in [0.25, 0.3) is 10.4 Å². The van der Waals surface area contributed by atoms with Gasteiger partial charge in [0.1, 0.15) is 6.04 Å². The Bertz CT molecular complexity index is 1110. The minimum Gasteiger partial charge on any atom is -0.480 e. The van der Waals surface area contributed by atoms with Crippen molar-refractivity contribution in [3.8, 4) is 10.4 Å². The van der Waals surface area contributed by atoms with E-state index < -0.39 is 27.8 Å². The first-order valence-electron chi connectivity index (χ1n) is 10.3. The van der Waals surface area contributed by atoms with E-state index in [-0.39, 0.29) is 22.4 Å². The summed E-state index contributed by atoms with van der Waals surface area (Å²) in [5, 5.41) is 15.7. The Balaban J connectivity index is 1.72. The molecule has 1 heterocycles. The van der Waals surface area contributed by atoms with E-state index in [1.807, 2.05) is 0 Å². The predicted octanol–water partition coefficient (Wildman–Crippen LogP) is 3.88. The zero-order valence-electron chi connectivity index (χ0n) is 17.9. The molecule has 0 bridgehead atoms. The number of anilines is 1. The monoisotopic (exact) mass is 499 g/mol. The molecule has 0 unspecified atom stereocenters. The number of carboxylic acid groups (broad SMARTS) is 1. The number of aryl methyl sites for hydroxylation is 1. The lowest BCUT2D eigenvalue weighted by molar-refractivity contribution is -0.141. The lowest BCUT2D eigenvalue weighted by Crippen LogP contribution is -2.45. The summed E-state index contributed by atoms with van der Waals surface area (Å²) in [6.07, 6.45) is 5.98. The van der Waals surface area contributed by atoms with Gasteiger partial charge in [-0.15, -0.1) is 0 Å². The number of carboxylic acids is 1. The van der Waals surface area contributed by atoms with Crippen LogP contribution in [0.4, 0.5) is 5.13 Å². The Morgan fingerprint density at radius 3 is 2.59 bits per heavy atom. The first-order valence-corrected chi connectivity index (χ1v) is 13.4. The third kappa shape index (κ3) is 6.28. The average molecular weight is 500 g/mol. The quantitative estimate of drug-likeness (QED) is 0.503. The number of aromatic nitrogens is 1. The number of benzene rings is 1. The van der Waals surface area contributed by atoms with E-state index in [0.29, 0.717) is 21.3 Å². The summed E-state index contributed by atoms with van der Waals surface area (Å²) in [5.74, 6) is -1.51. The van der Waals surface area contributed by atoms with Crippen molar-refractivity contribution >= 4 is 49.8 Å². The molecule has 8 nitrogen and oxygen atoms in total. The van der Waals surface area contributed by atoms with Gasteiger partial charge in [-0.3, -0.25) is 9.59 Å². The highest BCUT2D eigenvalue weighted by Gasteiger charge is 2.26. The number of hydrogen-bond acceptors (Lipinski definition) is 7. The van der Waals surface area contributed by atoms with Gasteiger partial charge in [-0.05, 0) is 37.5 Å². The topological polar surface area (TPSA) is 125 Å². The molecule has 2 aromatic rings. The fraction of sp³-hybridized carbons (Fsp3) is 0.476. The highest BCUT2D eigenvalue weighted by molar-refractivity contribution is 7.90. The van der Waals surface area contributed by atoms with Crippen molar-refractivity contribution in [2.75, 3.05) is 11.6 Å². The molecule has 1 aliphatic carbocycles. The predicted molar refractivity (Wildman–Crippen MR) is 125 cm³/mol. The minimum atomic E-state index is -3.50. The number of halogens is 1. The highest BCUT2D eigenvalue weighted by atomic mass is 35.5. The fourth-order valence-corrected chi connectivity index (χ4v) is 6.05. The number of hydrogen-bond donors (Lipinski definition) is 3. The molecule has 32 heavy (non-hydrogen) atoms. The second kappa shape index (κ2) is 10.3. The number of aliphatic carboxylic acids is 1. The Hall–Kier alpha value is -2.01. The number of thiazole rings is 1. The van der Waals surface area contributed by atoms with Crippen LogP contribution in [-0.4, -0.2) is 48.7 Å². The van der Waals surface area contributed by atoms with Gasteiger partial charge in [-0.1, -0.05) is 48.3 Å². The fourth-order valence-electron chi connectivity index (χ4n) is 3.77. The molecular formula is C21H26ClN3O5S2. The third-order valence-corrected chi connectivity index (χ3v) is 8.07. The van der Waals surface area contributed by atoms with Crippen molar-refractivity contribution in [2.45, 2.75) is 62.4 Å². The maximum absolute atomic E-state index is 12.5. The second-order valence-corrected chi connectivity index (χ2v) is 11.4. The van der Waals surface area contributed by atoms with Crippen molar-refractivity contribution in [3.05, 3.63) is 28.9 Å². The van der Waals surface area contributed by atoms with Gasteiger partial charge < -0.3 is 15.7 Å². The lowest BCUT2D eigenvalue weighted by atomic mass is 9.94. The van der Waals surface area contributed by atoms with Gasteiger partial charge in [0, 0.05) is 12.3 Å². The molecule has 1 aromatic heterocycles. The number of carbonyl (C=O) groups excluding carboxylic acids is 1. The van der Waals surface area contributed by atoms with Crippen molar-refractivity contribution in [1.29, 1.82) is 0 Å². The molecule has 1 fully saturated rings. The van der Waals surface area contributed by atoms with Gasteiger partial charge in [0.05, 0.1) is 26.9 Å². The third-order valence-electron chi connectivity index (χ3n) is 5.37. The van der Waals surface area contributed by atoms with Crippen molar-refractivity contribution in [3.63, 3.8) is 0 Å². The molecule has 1 amide bonds. The molecule has 3 N–H and O–H groups in total. The maximum atomic E-state index is 12.5. The molecule has 3 rings (SSSR count). The van der Waals surface area contributed by atoms with Crippen LogP contribution in [0.3, 0.4) is 0 Å². The molecule has 0 radical (unpaired) electrons. The average Bonchev–Trinajstić information content (AvgIpc) is 3.07. The van der Waals surface area contributed by atoms with E-state index in [4.69, 9.17) is 11.6 Å². The van der Waals surface area contributed by atoms with Crippen molar-refractivity contribution in [2.24, 2.45) is 0 Å². The number of nitrogens with one attached hydrogen (secondary N) is 2. The standard InChI is InChI=1S/C21H26ClN3O5S2/c1-12-19(13-8-9-15(22)17(10-13)32(2,29)30)31-21(23-12)25-18(26)11-16(20(27)28)24-14-6-4-3-5-7-14/h8-10,14,16,24H,3-7,11H2,1-2H3,(H,27,28)(H,23,25,26)/t16-/m0/s1. The first-order chi connectivity index (χ1) is 15.0. The largest absolute Gasteiger partial charge is 0.480 e. The van der Waals surface area contributed by atoms with Crippen LogP contribution in [0, 0.1) is 6.92 Å². The molecule has 174 valence electrons. The summed E-state index contributed by atoms with van der Waals surface area (Å²) < 4.78 is 23.9. The minimum absolute atomic E-state index is 0.0214. The Kier molecular flexibility index (Phi) is 7.92. The van der Waals surface area contributed by atoms with Crippen LogP contribution in [0.15, 0.2) is 23.1 Å². The molecule has 1 aromatic carbocycles. The zero-order valence-corrected chi connectivity index (χ0v) is 20.2. The molecule has 11 heteroatoms. The van der Waals surface area contributed by atoms with Crippen LogP contribution in [0.5, 0.6) is 0 Å². The zero-order chi connectivity index (χ0) is 23.5. The Morgan fingerprint density at radius 2 is 1.97 bits per heavy atom. The van der Waals surface area contributed by atoms with Gasteiger partial charge in [0.15, 0.2) is 15.0 Å². The van der Waals surface area contributed by atoms with Crippen LogP contribution in [0.2, 0.25) is 5.02 Å². The summed E-state index contributed by atoms with van der Waals surface area (Å²) in [7, 11) is -3.50. The Morgan fingerprint density at radius 1 is 1.28 bits per heavy atom. The molecule has 1 aliphatic rings. The smallest absolute Gasteiger partial charge is 0.321 e. The van der Waals surface area contributed by atoms with Gasteiger partial charge >= 0.3 is 5.97 Å². The van der Waals surface area contributed by atoms with Gasteiger partial charge in [-0.25, -0.2) is 13.4 Å². The molecule has 1 atom stereocenters.